The second-order valence-electron chi connectivity index (χ2n) is 5.43. The van der Waals surface area contributed by atoms with E-state index in [-0.39, 0.29) is 11.5 Å². The molecular formula is C14H20N4. The lowest BCUT2D eigenvalue weighted by Crippen LogP contribution is -2.30. The maximum atomic E-state index is 5.92. The molecule has 0 amide bonds. The third-order valence-electron chi connectivity index (χ3n) is 3.08. The maximum Gasteiger partial charge on any atom is 0.0735 e. The van der Waals surface area contributed by atoms with Crippen LogP contribution in [0.2, 0.25) is 0 Å². The van der Waals surface area contributed by atoms with E-state index >= 15 is 0 Å². The highest BCUT2D eigenvalue weighted by atomic mass is 15.4. The van der Waals surface area contributed by atoms with E-state index in [4.69, 9.17) is 5.73 Å². The minimum Gasteiger partial charge on any atom is -0.328 e. The Morgan fingerprint density at radius 1 is 1.28 bits per heavy atom. The molecule has 4 nitrogen and oxygen atoms in total. The van der Waals surface area contributed by atoms with Crippen molar-refractivity contribution in [3.63, 3.8) is 0 Å². The second-order valence-corrected chi connectivity index (χ2v) is 5.43. The molecule has 0 aliphatic heterocycles. The van der Waals surface area contributed by atoms with E-state index in [2.05, 4.69) is 24.2 Å². The van der Waals surface area contributed by atoms with Gasteiger partial charge < -0.3 is 5.73 Å². The van der Waals surface area contributed by atoms with E-state index in [1.54, 1.807) is 0 Å². The highest BCUT2D eigenvalue weighted by Crippen LogP contribution is 2.28. The van der Waals surface area contributed by atoms with Crippen LogP contribution in [-0.4, -0.2) is 21.0 Å². The molecule has 1 atom stereocenters. The molecule has 1 unspecified atom stereocenters. The number of rotatable bonds is 4. The average Bonchev–Trinajstić information content (AvgIpc) is 2.78. The Bertz CT molecular complexity index is 500. The number of aromatic nitrogens is 3. The Morgan fingerprint density at radius 2 is 1.94 bits per heavy atom. The lowest BCUT2D eigenvalue weighted by Gasteiger charge is -2.26. The molecule has 1 heterocycles. The van der Waals surface area contributed by atoms with E-state index in [0.717, 1.165) is 17.8 Å². The maximum absolute atomic E-state index is 5.92. The Hall–Kier alpha value is -1.68. The largest absolute Gasteiger partial charge is 0.328 e. The zero-order valence-electron chi connectivity index (χ0n) is 11.2. The molecule has 0 aliphatic carbocycles. The lowest BCUT2D eigenvalue weighted by molar-refractivity contribution is 0.416. The molecule has 0 saturated carbocycles. The fourth-order valence-corrected chi connectivity index (χ4v) is 2.37. The molecule has 0 radical (unpaired) electrons. The van der Waals surface area contributed by atoms with Crippen LogP contribution in [0.15, 0.2) is 36.5 Å². The molecule has 18 heavy (non-hydrogen) atoms. The number of nitrogens with two attached hydrogens (primary N) is 1. The molecule has 0 saturated heterocycles. The predicted octanol–water partition coefficient (Wildman–Crippen LogP) is 2.28. The summed E-state index contributed by atoms with van der Waals surface area (Å²) in [6.07, 6.45) is 2.72. The van der Waals surface area contributed by atoms with Gasteiger partial charge in [0, 0.05) is 11.5 Å². The summed E-state index contributed by atoms with van der Waals surface area (Å²) in [6.45, 7) is 6.38. The summed E-state index contributed by atoms with van der Waals surface area (Å²) in [4.78, 5) is 0. The third kappa shape index (κ3) is 2.59. The van der Waals surface area contributed by atoms with Crippen molar-refractivity contribution in [2.45, 2.75) is 38.6 Å². The van der Waals surface area contributed by atoms with Gasteiger partial charge >= 0.3 is 0 Å². The summed E-state index contributed by atoms with van der Waals surface area (Å²) in [7, 11) is 0. The molecule has 96 valence electrons. The van der Waals surface area contributed by atoms with E-state index in [1.165, 1.54) is 0 Å². The van der Waals surface area contributed by atoms with Crippen LogP contribution in [0.5, 0.6) is 0 Å². The third-order valence-corrected chi connectivity index (χ3v) is 3.08. The minimum absolute atomic E-state index is 0.0481. The van der Waals surface area contributed by atoms with E-state index < -0.39 is 0 Å². The van der Waals surface area contributed by atoms with E-state index in [1.807, 2.05) is 48.1 Å². The first-order valence-corrected chi connectivity index (χ1v) is 6.23. The van der Waals surface area contributed by atoms with Crippen molar-refractivity contribution >= 4 is 0 Å². The zero-order valence-corrected chi connectivity index (χ0v) is 11.2. The minimum atomic E-state index is -0.0481. The predicted molar refractivity (Wildman–Crippen MR) is 72.7 cm³/mol. The smallest absolute Gasteiger partial charge is 0.0735 e. The van der Waals surface area contributed by atoms with Gasteiger partial charge in [-0.1, -0.05) is 37.3 Å². The molecule has 0 spiro atoms. The van der Waals surface area contributed by atoms with Crippen LogP contribution in [0.4, 0.5) is 0 Å². The standard InChI is InChI=1S/C14H20N4/c1-11(15)9-14(2,3)13-10-16-17-18(13)12-7-5-4-6-8-12/h4-8,10-11H,9,15H2,1-3H3. The first-order valence-electron chi connectivity index (χ1n) is 6.23. The number of hydrogen-bond donors (Lipinski definition) is 1. The van der Waals surface area contributed by atoms with Gasteiger partial charge in [-0.2, -0.15) is 0 Å². The van der Waals surface area contributed by atoms with Crippen molar-refractivity contribution in [3.05, 3.63) is 42.2 Å². The average molecular weight is 244 g/mol. The van der Waals surface area contributed by atoms with Crippen molar-refractivity contribution in [2.75, 3.05) is 0 Å². The summed E-state index contributed by atoms with van der Waals surface area (Å²) in [5, 5.41) is 8.23. The van der Waals surface area contributed by atoms with Crippen LogP contribution < -0.4 is 5.73 Å². The monoisotopic (exact) mass is 244 g/mol. The lowest BCUT2D eigenvalue weighted by atomic mass is 9.83. The number of nitrogens with zero attached hydrogens (tertiary/aromatic N) is 3. The Kier molecular flexibility index (Phi) is 3.48. The van der Waals surface area contributed by atoms with Crippen LogP contribution in [0, 0.1) is 0 Å². The Morgan fingerprint density at radius 3 is 2.56 bits per heavy atom. The number of hydrogen-bond acceptors (Lipinski definition) is 3. The van der Waals surface area contributed by atoms with Gasteiger partial charge in [0.05, 0.1) is 17.6 Å². The van der Waals surface area contributed by atoms with E-state index in [0.29, 0.717) is 0 Å². The fraction of sp³-hybridized carbons (Fsp3) is 0.429. The highest BCUT2D eigenvalue weighted by Gasteiger charge is 2.27. The van der Waals surface area contributed by atoms with Crippen LogP contribution in [-0.2, 0) is 5.41 Å². The normalized spacial score (nSPS) is 13.6. The van der Waals surface area contributed by atoms with Crippen LogP contribution in [0.3, 0.4) is 0 Å². The molecule has 0 fully saturated rings. The molecule has 0 bridgehead atoms. The van der Waals surface area contributed by atoms with Crippen molar-refractivity contribution in [3.8, 4) is 5.69 Å². The molecule has 2 N–H and O–H groups in total. The Labute approximate surface area is 108 Å². The highest BCUT2D eigenvalue weighted by molar-refractivity contribution is 5.33. The summed E-state index contributed by atoms with van der Waals surface area (Å²) in [6, 6.07) is 10.2. The molecule has 2 aromatic rings. The summed E-state index contributed by atoms with van der Waals surface area (Å²) in [5.41, 5.74) is 7.99. The van der Waals surface area contributed by atoms with Gasteiger partial charge in [0.25, 0.3) is 0 Å². The van der Waals surface area contributed by atoms with Gasteiger partial charge in [-0.3, -0.25) is 0 Å². The van der Waals surface area contributed by atoms with Gasteiger partial charge in [0.2, 0.25) is 0 Å². The van der Waals surface area contributed by atoms with Crippen LogP contribution in [0.1, 0.15) is 32.9 Å². The second kappa shape index (κ2) is 4.90. The van der Waals surface area contributed by atoms with Crippen molar-refractivity contribution in [2.24, 2.45) is 5.73 Å². The van der Waals surface area contributed by atoms with Gasteiger partial charge in [-0.05, 0) is 25.5 Å². The van der Waals surface area contributed by atoms with Crippen molar-refractivity contribution in [1.82, 2.24) is 15.0 Å². The van der Waals surface area contributed by atoms with Gasteiger partial charge in [0.15, 0.2) is 0 Å². The topological polar surface area (TPSA) is 56.7 Å². The zero-order chi connectivity index (χ0) is 13.2. The van der Waals surface area contributed by atoms with Gasteiger partial charge in [0.1, 0.15) is 0 Å². The van der Waals surface area contributed by atoms with Gasteiger partial charge in [-0.25, -0.2) is 4.68 Å². The molecule has 1 aromatic heterocycles. The molecule has 1 aromatic carbocycles. The molecule has 0 aliphatic rings. The SMILES string of the molecule is CC(N)CC(C)(C)c1cnnn1-c1ccccc1. The Balaban J connectivity index is 2.39. The number of benzene rings is 1. The van der Waals surface area contributed by atoms with Crippen LogP contribution in [0.25, 0.3) is 5.69 Å². The summed E-state index contributed by atoms with van der Waals surface area (Å²) < 4.78 is 1.89. The summed E-state index contributed by atoms with van der Waals surface area (Å²) in [5.74, 6) is 0. The van der Waals surface area contributed by atoms with Crippen LogP contribution >= 0.6 is 0 Å². The molecule has 2 rings (SSSR count). The quantitative estimate of drug-likeness (QED) is 0.897. The first-order chi connectivity index (χ1) is 8.50. The van der Waals surface area contributed by atoms with Crippen molar-refractivity contribution < 1.29 is 0 Å². The fourth-order valence-electron chi connectivity index (χ4n) is 2.37. The number of para-hydroxylation sites is 1. The van der Waals surface area contributed by atoms with Gasteiger partial charge in [-0.15, -0.1) is 5.10 Å². The van der Waals surface area contributed by atoms with Crippen molar-refractivity contribution in [1.29, 1.82) is 0 Å². The van der Waals surface area contributed by atoms with E-state index in [9.17, 15) is 0 Å². The summed E-state index contributed by atoms with van der Waals surface area (Å²) >= 11 is 0. The first kappa shape index (κ1) is 12.8. The molecular weight excluding hydrogens is 224 g/mol. The molecule has 4 heteroatoms.